The van der Waals surface area contributed by atoms with Crippen molar-refractivity contribution >= 4 is 23.6 Å². The van der Waals surface area contributed by atoms with Crippen molar-refractivity contribution in [3.63, 3.8) is 0 Å². The summed E-state index contributed by atoms with van der Waals surface area (Å²) in [6.45, 7) is 0.594. The van der Waals surface area contributed by atoms with E-state index in [0.29, 0.717) is 17.2 Å². The summed E-state index contributed by atoms with van der Waals surface area (Å²) in [5, 5.41) is 11.6. The van der Waals surface area contributed by atoms with Crippen molar-refractivity contribution < 1.29 is 19.1 Å². The van der Waals surface area contributed by atoms with Gasteiger partial charge >= 0.3 is 5.97 Å². The van der Waals surface area contributed by atoms with Crippen LogP contribution in [0.3, 0.4) is 0 Å². The lowest BCUT2D eigenvalue weighted by molar-refractivity contribution is -0.145. The van der Waals surface area contributed by atoms with E-state index in [4.69, 9.17) is 5.11 Å². The van der Waals surface area contributed by atoms with Crippen LogP contribution < -0.4 is 5.32 Å². The molecule has 1 amide bonds. The van der Waals surface area contributed by atoms with Crippen LogP contribution in [-0.2, 0) is 9.59 Å². The minimum absolute atomic E-state index is 0.0643. The molecule has 1 aliphatic heterocycles. The van der Waals surface area contributed by atoms with Crippen molar-refractivity contribution in [3.8, 4) is 0 Å². The fourth-order valence-electron chi connectivity index (χ4n) is 2.00. The number of amides is 1. The third kappa shape index (κ3) is 3.71. The Morgan fingerprint density at radius 3 is 2.95 bits per heavy atom. The number of hydrogen-bond donors (Lipinski definition) is 2. The number of nitrogens with zero attached hydrogens (tertiary/aromatic N) is 1. The molecule has 2 rings (SSSR count). The highest BCUT2D eigenvalue weighted by Gasteiger charge is 2.31. The Labute approximate surface area is 120 Å². The van der Waals surface area contributed by atoms with Crippen molar-refractivity contribution in [2.24, 2.45) is 0 Å². The maximum absolute atomic E-state index is 13.4. The monoisotopic (exact) mass is 298 g/mol. The highest BCUT2D eigenvalue weighted by atomic mass is 32.2. The molecule has 7 heteroatoms. The summed E-state index contributed by atoms with van der Waals surface area (Å²) in [6, 6.07) is 5.72. The van der Waals surface area contributed by atoms with Crippen LogP contribution in [0.15, 0.2) is 29.2 Å². The zero-order chi connectivity index (χ0) is 14.5. The molecule has 1 heterocycles. The van der Waals surface area contributed by atoms with Gasteiger partial charge in [0.15, 0.2) is 0 Å². The summed E-state index contributed by atoms with van der Waals surface area (Å²) in [7, 11) is 0. The highest BCUT2D eigenvalue weighted by molar-refractivity contribution is 7.99. The molecule has 1 unspecified atom stereocenters. The zero-order valence-electron chi connectivity index (χ0n) is 10.7. The van der Waals surface area contributed by atoms with Crippen LogP contribution >= 0.6 is 11.8 Å². The van der Waals surface area contributed by atoms with Gasteiger partial charge in [0.25, 0.3) is 0 Å². The van der Waals surface area contributed by atoms with E-state index in [1.807, 2.05) is 0 Å². The van der Waals surface area contributed by atoms with Gasteiger partial charge in [-0.15, -0.1) is 11.8 Å². The number of carbonyl (C=O) groups is 2. The zero-order valence-corrected chi connectivity index (χ0v) is 11.5. The van der Waals surface area contributed by atoms with E-state index < -0.39 is 12.0 Å². The average molecular weight is 298 g/mol. The number of aliphatic carboxylic acids is 1. The van der Waals surface area contributed by atoms with E-state index in [0.717, 1.165) is 0 Å². The Bertz CT molecular complexity index is 512. The third-order valence-electron chi connectivity index (χ3n) is 3.04. The van der Waals surface area contributed by atoms with E-state index >= 15 is 0 Å². The molecule has 20 heavy (non-hydrogen) atoms. The number of carboxylic acids is 1. The van der Waals surface area contributed by atoms with Crippen LogP contribution in [0.2, 0.25) is 0 Å². The van der Waals surface area contributed by atoms with Gasteiger partial charge in [0, 0.05) is 23.7 Å². The number of rotatable bonds is 5. The third-order valence-corrected chi connectivity index (χ3v) is 4.07. The summed E-state index contributed by atoms with van der Waals surface area (Å²) in [4.78, 5) is 24.5. The first-order valence-electron chi connectivity index (χ1n) is 6.19. The molecule has 1 saturated heterocycles. The van der Waals surface area contributed by atoms with Gasteiger partial charge in [-0.25, -0.2) is 4.39 Å². The van der Waals surface area contributed by atoms with Gasteiger partial charge < -0.3 is 10.4 Å². The second kappa shape index (κ2) is 6.71. The first kappa shape index (κ1) is 14.8. The molecular formula is C13H15FN2O3S. The molecule has 0 radical (unpaired) electrons. The van der Waals surface area contributed by atoms with E-state index in [9.17, 15) is 14.0 Å². The van der Waals surface area contributed by atoms with E-state index in [1.54, 1.807) is 23.1 Å². The minimum atomic E-state index is -0.958. The van der Waals surface area contributed by atoms with E-state index in [2.05, 4.69) is 5.32 Å². The van der Waals surface area contributed by atoms with Gasteiger partial charge in [-0.05, 0) is 12.1 Å². The standard InChI is InChI=1S/C13H15FN2O3S/c14-9-3-1-2-4-11(9)20-6-5-16-8-12(17)15-7-10(16)13(18)19/h1-4,10H,5-8H2,(H,15,17)(H,18,19). The maximum Gasteiger partial charge on any atom is 0.322 e. The van der Waals surface area contributed by atoms with Crippen molar-refractivity contribution in [1.29, 1.82) is 0 Å². The smallest absolute Gasteiger partial charge is 0.322 e. The van der Waals surface area contributed by atoms with Gasteiger partial charge in [0.2, 0.25) is 5.91 Å². The fraction of sp³-hybridized carbons (Fsp3) is 0.385. The largest absolute Gasteiger partial charge is 0.480 e. The van der Waals surface area contributed by atoms with Crippen molar-refractivity contribution in [1.82, 2.24) is 10.2 Å². The van der Waals surface area contributed by atoms with Gasteiger partial charge in [0.1, 0.15) is 11.9 Å². The van der Waals surface area contributed by atoms with Gasteiger partial charge in [-0.1, -0.05) is 12.1 Å². The van der Waals surface area contributed by atoms with Crippen molar-refractivity contribution in [3.05, 3.63) is 30.1 Å². The summed E-state index contributed by atoms with van der Waals surface area (Å²) in [5.74, 6) is -0.902. The maximum atomic E-state index is 13.4. The minimum Gasteiger partial charge on any atom is -0.480 e. The number of carbonyl (C=O) groups excluding carboxylic acids is 1. The molecule has 1 fully saturated rings. The summed E-state index contributed by atoms with van der Waals surface area (Å²) < 4.78 is 13.4. The molecule has 108 valence electrons. The molecule has 2 N–H and O–H groups in total. The number of halogens is 1. The summed E-state index contributed by atoms with van der Waals surface area (Å²) in [6.07, 6.45) is 0. The molecule has 1 aromatic rings. The Kier molecular flexibility index (Phi) is 4.97. The van der Waals surface area contributed by atoms with Crippen LogP contribution in [0.5, 0.6) is 0 Å². The Balaban J connectivity index is 1.89. The average Bonchev–Trinajstić information content (AvgIpc) is 2.41. The Morgan fingerprint density at radius 2 is 2.25 bits per heavy atom. The molecule has 1 aliphatic rings. The highest BCUT2D eigenvalue weighted by Crippen LogP contribution is 2.21. The van der Waals surface area contributed by atoms with Crippen LogP contribution in [0.1, 0.15) is 0 Å². The Morgan fingerprint density at radius 1 is 1.50 bits per heavy atom. The lowest BCUT2D eigenvalue weighted by Gasteiger charge is -2.32. The van der Waals surface area contributed by atoms with Gasteiger partial charge in [-0.2, -0.15) is 0 Å². The molecule has 5 nitrogen and oxygen atoms in total. The summed E-state index contributed by atoms with van der Waals surface area (Å²) in [5.41, 5.74) is 0. The fourth-order valence-corrected chi connectivity index (χ4v) is 2.93. The van der Waals surface area contributed by atoms with Crippen LogP contribution in [-0.4, -0.2) is 53.3 Å². The number of carboxylic acid groups (broad SMARTS) is 1. The number of piperazine rings is 1. The lowest BCUT2D eigenvalue weighted by Crippen LogP contribution is -2.57. The molecule has 0 spiro atoms. The quantitative estimate of drug-likeness (QED) is 0.787. The first-order chi connectivity index (χ1) is 9.58. The molecule has 1 atom stereocenters. The number of thioether (sulfide) groups is 1. The number of benzene rings is 1. The molecular weight excluding hydrogens is 283 g/mol. The number of nitrogens with one attached hydrogen (secondary N) is 1. The second-order valence-corrected chi connectivity index (χ2v) is 5.54. The topological polar surface area (TPSA) is 69.6 Å². The van der Waals surface area contributed by atoms with Gasteiger partial charge in [0.05, 0.1) is 6.54 Å². The first-order valence-corrected chi connectivity index (χ1v) is 7.17. The second-order valence-electron chi connectivity index (χ2n) is 4.41. The SMILES string of the molecule is O=C1CN(CCSc2ccccc2F)C(C(=O)O)CN1. The van der Waals surface area contributed by atoms with Crippen LogP contribution in [0.4, 0.5) is 4.39 Å². The predicted octanol–water partition coefficient (Wildman–Crippen LogP) is 0.803. The van der Waals surface area contributed by atoms with E-state index in [1.165, 1.54) is 17.8 Å². The summed E-state index contributed by atoms with van der Waals surface area (Å²) >= 11 is 1.31. The molecule has 0 saturated carbocycles. The number of hydrogen-bond acceptors (Lipinski definition) is 4. The molecule has 0 aliphatic carbocycles. The van der Waals surface area contributed by atoms with Crippen molar-refractivity contribution in [2.75, 3.05) is 25.4 Å². The Hall–Kier alpha value is -1.60. The molecule has 0 aromatic heterocycles. The van der Waals surface area contributed by atoms with Crippen LogP contribution in [0, 0.1) is 5.82 Å². The lowest BCUT2D eigenvalue weighted by atomic mass is 10.2. The predicted molar refractivity (Wildman–Crippen MR) is 73.1 cm³/mol. The van der Waals surface area contributed by atoms with Crippen molar-refractivity contribution in [2.45, 2.75) is 10.9 Å². The molecule has 1 aromatic carbocycles. The van der Waals surface area contributed by atoms with Gasteiger partial charge in [-0.3, -0.25) is 14.5 Å². The van der Waals surface area contributed by atoms with E-state index in [-0.39, 0.29) is 24.8 Å². The molecule has 0 bridgehead atoms. The van der Waals surface area contributed by atoms with Crippen LogP contribution in [0.25, 0.3) is 0 Å². The normalized spacial score (nSPS) is 19.6.